The normalized spacial score (nSPS) is 16.3. The fourth-order valence-electron chi connectivity index (χ4n) is 2.84. The minimum absolute atomic E-state index is 0.132. The molecule has 122 valence electrons. The Kier molecular flexibility index (Phi) is 6.36. The summed E-state index contributed by atoms with van der Waals surface area (Å²) >= 11 is 0. The Balaban J connectivity index is 1.87. The molecule has 1 aliphatic heterocycles. The lowest BCUT2D eigenvalue weighted by Crippen LogP contribution is -2.31. The number of carbonyl (C=O) groups is 1. The Morgan fingerprint density at radius 1 is 1.32 bits per heavy atom. The van der Waals surface area contributed by atoms with Crippen molar-refractivity contribution in [3.63, 3.8) is 0 Å². The van der Waals surface area contributed by atoms with Crippen molar-refractivity contribution >= 4 is 5.91 Å². The molecule has 0 saturated carbocycles. The van der Waals surface area contributed by atoms with Crippen LogP contribution in [0.15, 0.2) is 24.3 Å². The number of benzene rings is 1. The summed E-state index contributed by atoms with van der Waals surface area (Å²) in [6.07, 6.45) is 1.74. The molecule has 0 radical (unpaired) electrons. The van der Waals surface area contributed by atoms with Crippen LogP contribution < -0.4 is 0 Å². The number of hydrogen-bond donors (Lipinski definition) is 1. The lowest BCUT2D eigenvalue weighted by molar-refractivity contribution is 0.0419. The minimum Gasteiger partial charge on any atom is -0.389 e. The fraction of sp³-hybridized carbons (Fsp3) is 0.588. The topological polar surface area (TPSA) is 53.0 Å². The number of amides is 1. The van der Waals surface area contributed by atoms with Crippen LogP contribution in [0, 0.1) is 0 Å². The molecule has 1 heterocycles. The minimum atomic E-state index is -0.481. The van der Waals surface area contributed by atoms with E-state index < -0.39 is 6.10 Å². The maximum Gasteiger partial charge on any atom is 0.253 e. The molecule has 1 unspecified atom stereocenters. The van der Waals surface area contributed by atoms with Crippen LogP contribution in [0.5, 0.6) is 0 Å². The number of carbonyl (C=O) groups excluding carboxylic acids is 1. The molecule has 5 nitrogen and oxygen atoms in total. The van der Waals surface area contributed by atoms with Crippen molar-refractivity contribution < 1.29 is 14.6 Å². The van der Waals surface area contributed by atoms with E-state index in [1.165, 1.54) is 0 Å². The fourth-order valence-corrected chi connectivity index (χ4v) is 2.84. The lowest BCUT2D eigenvalue weighted by Gasteiger charge is -2.20. The summed E-state index contributed by atoms with van der Waals surface area (Å²) in [5.74, 6) is 0.132. The molecule has 1 aromatic carbocycles. The highest BCUT2D eigenvalue weighted by Gasteiger charge is 2.19. The molecule has 0 spiro atoms. The number of likely N-dealkylation sites (tertiary alicyclic amines) is 1. The van der Waals surface area contributed by atoms with E-state index in [1.54, 1.807) is 7.11 Å². The second-order valence-electron chi connectivity index (χ2n) is 6.00. The van der Waals surface area contributed by atoms with Crippen LogP contribution in [-0.2, 0) is 11.3 Å². The number of hydrogen-bond acceptors (Lipinski definition) is 4. The molecule has 1 amide bonds. The summed E-state index contributed by atoms with van der Waals surface area (Å²) in [5, 5.41) is 9.72. The van der Waals surface area contributed by atoms with Gasteiger partial charge in [-0.1, -0.05) is 12.1 Å². The zero-order chi connectivity index (χ0) is 15.9. The van der Waals surface area contributed by atoms with Crippen molar-refractivity contribution in [2.45, 2.75) is 25.5 Å². The van der Waals surface area contributed by atoms with Gasteiger partial charge in [0.15, 0.2) is 0 Å². The number of ether oxygens (including phenoxy) is 1. The first-order chi connectivity index (χ1) is 10.6. The lowest BCUT2D eigenvalue weighted by atomic mass is 10.1. The zero-order valence-corrected chi connectivity index (χ0v) is 13.5. The van der Waals surface area contributed by atoms with Gasteiger partial charge in [0.25, 0.3) is 5.91 Å². The van der Waals surface area contributed by atoms with Crippen molar-refractivity contribution in [3.8, 4) is 0 Å². The summed E-state index contributed by atoms with van der Waals surface area (Å²) in [7, 11) is 3.54. The molecular formula is C17H26N2O3. The van der Waals surface area contributed by atoms with Crippen LogP contribution in [0.25, 0.3) is 0 Å². The van der Waals surface area contributed by atoms with Crippen molar-refractivity contribution in [3.05, 3.63) is 35.4 Å². The predicted octanol–water partition coefficient (Wildman–Crippen LogP) is 1.36. The largest absolute Gasteiger partial charge is 0.389 e. The molecule has 5 heteroatoms. The van der Waals surface area contributed by atoms with E-state index in [-0.39, 0.29) is 5.91 Å². The molecule has 22 heavy (non-hydrogen) atoms. The average Bonchev–Trinajstić information content (AvgIpc) is 3.01. The summed E-state index contributed by atoms with van der Waals surface area (Å²) in [4.78, 5) is 16.2. The van der Waals surface area contributed by atoms with Crippen LogP contribution in [0.1, 0.15) is 28.8 Å². The van der Waals surface area contributed by atoms with Gasteiger partial charge in [0.1, 0.15) is 0 Å². The quantitative estimate of drug-likeness (QED) is 0.826. The SMILES string of the molecule is COCC(O)CN(C)Cc1ccc(C(=O)N2CCCC2)cc1. The predicted molar refractivity (Wildman–Crippen MR) is 85.8 cm³/mol. The highest BCUT2D eigenvalue weighted by molar-refractivity contribution is 5.94. The molecule has 1 aliphatic rings. The smallest absolute Gasteiger partial charge is 0.253 e. The molecule has 1 saturated heterocycles. The Bertz CT molecular complexity index is 469. The van der Waals surface area contributed by atoms with E-state index in [2.05, 4.69) is 0 Å². The standard InChI is InChI=1S/C17H26N2O3/c1-18(12-16(20)13-22-2)11-14-5-7-15(8-6-14)17(21)19-9-3-4-10-19/h5-8,16,20H,3-4,9-13H2,1-2H3. The number of aliphatic hydroxyl groups excluding tert-OH is 1. The summed E-state index contributed by atoms with van der Waals surface area (Å²) in [6, 6.07) is 7.77. The Labute approximate surface area is 132 Å². The van der Waals surface area contributed by atoms with Gasteiger partial charge < -0.3 is 14.7 Å². The van der Waals surface area contributed by atoms with Crippen LogP contribution in [-0.4, -0.2) is 67.3 Å². The number of methoxy groups -OCH3 is 1. The molecule has 1 aromatic rings. The third kappa shape index (κ3) is 4.80. The maximum absolute atomic E-state index is 12.3. The van der Waals surface area contributed by atoms with Gasteiger partial charge in [-0.25, -0.2) is 0 Å². The van der Waals surface area contributed by atoms with Crippen molar-refractivity contribution in [1.82, 2.24) is 9.80 Å². The van der Waals surface area contributed by atoms with Gasteiger partial charge in [0.2, 0.25) is 0 Å². The second kappa shape index (κ2) is 8.27. The molecular weight excluding hydrogens is 280 g/mol. The molecule has 0 bridgehead atoms. The zero-order valence-electron chi connectivity index (χ0n) is 13.5. The number of nitrogens with zero attached hydrogens (tertiary/aromatic N) is 2. The molecule has 2 rings (SSSR count). The average molecular weight is 306 g/mol. The van der Waals surface area contributed by atoms with Crippen LogP contribution in [0.3, 0.4) is 0 Å². The van der Waals surface area contributed by atoms with E-state index in [4.69, 9.17) is 4.74 Å². The van der Waals surface area contributed by atoms with Gasteiger partial charge in [0, 0.05) is 38.9 Å². The number of aliphatic hydroxyl groups is 1. The monoisotopic (exact) mass is 306 g/mol. The number of likely N-dealkylation sites (N-methyl/N-ethyl adjacent to an activating group) is 1. The van der Waals surface area contributed by atoms with Crippen molar-refractivity contribution in [2.75, 3.05) is 40.4 Å². The van der Waals surface area contributed by atoms with E-state index in [0.29, 0.717) is 13.2 Å². The van der Waals surface area contributed by atoms with Crippen molar-refractivity contribution in [2.24, 2.45) is 0 Å². The van der Waals surface area contributed by atoms with E-state index in [0.717, 1.165) is 43.6 Å². The van der Waals surface area contributed by atoms with Gasteiger partial charge in [-0.3, -0.25) is 9.69 Å². The van der Waals surface area contributed by atoms with Crippen LogP contribution in [0.2, 0.25) is 0 Å². The summed E-state index contributed by atoms with van der Waals surface area (Å²) in [6.45, 7) is 3.39. The third-order valence-corrected chi connectivity index (χ3v) is 3.93. The molecule has 0 aliphatic carbocycles. The number of rotatable bonds is 7. The molecule has 1 N–H and O–H groups in total. The second-order valence-corrected chi connectivity index (χ2v) is 6.00. The van der Waals surface area contributed by atoms with Gasteiger partial charge in [-0.05, 0) is 37.6 Å². The Morgan fingerprint density at radius 2 is 1.95 bits per heavy atom. The molecule has 1 atom stereocenters. The molecule has 0 aromatic heterocycles. The summed E-state index contributed by atoms with van der Waals surface area (Å²) in [5.41, 5.74) is 1.89. The first-order valence-corrected chi connectivity index (χ1v) is 7.84. The first-order valence-electron chi connectivity index (χ1n) is 7.84. The van der Waals surface area contributed by atoms with Crippen molar-refractivity contribution in [1.29, 1.82) is 0 Å². The van der Waals surface area contributed by atoms with Gasteiger partial charge >= 0.3 is 0 Å². The van der Waals surface area contributed by atoms with E-state index in [9.17, 15) is 9.90 Å². The van der Waals surface area contributed by atoms with Gasteiger partial charge in [-0.15, -0.1) is 0 Å². The van der Waals surface area contributed by atoms with E-state index >= 15 is 0 Å². The molecule has 1 fully saturated rings. The third-order valence-electron chi connectivity index (χ3n) is 3.93. The van der Waals surface area contributed by atoms with Gasteiger partial charge in [0.05, 0.1) is 12.7 Å². The Morgan fingerprint density at radius 3 is 2.55 bits per heavy atom. The van der Waals surface area contributed by atoms with Crippen LogP contribution in [0.4, 0.5) is 0 Å². The van der Waals surface area contributed by atoms with Gasteiger partial charge in [-0.2, -0.15) is 0 Å². The summed E-state index contributed by atoms with van der Waals surface area (Å²) < 4.78 is 4.93. The first kappa shape index (κ1) is 16.9. The highest BCUT2D eigenvalue weighted by Crippen LogP contribution is 2.14. The highest BCUT2D eigenvalue weighted by atomic mass is 16.5. The Hall–Kier alpha value is -1.43. The van der Waals surface area contributed by atoms with Crippen LogP contribution >= 0.6 is 0 Å². The maximum atomic E-state index is 12.3. The van der Waals surface area contributed by atoms with E-state index in [1.807, 2.05) is 41.1 Å².